The molecule has 1 aromatic rings. The first-order chi connectivity index (χ1) is 25.1. The summed E-state index contributed by atoms with van der Waals surface area (Å²) in [6, 6.07) is 3.22. The number of ether oxygens (including phenoxy) is 4. The van der Waals surface area contributed by atoms with Crippen molar-refractivity contribution in [2.45, 2.75) is 156 Å². The second kappa shape index (κ2) is 14.5. The van der Waals surface area contributed by atoms with Crippen molar-refractivity contribution in [2.75, 3.05) is 13.7 Å². The topological polar surface area (TPSA) is 251 Å². The SMILES string of the molecule is CO/N=C/[C@]12CC[C@H](O[C@@H]3O[C@@H](C)[C@H](O[C@@H]4O[C@H](CO)[C@@H](O)[C@H](O)[C@H]4O)[C@@H](O)[C@H]3O)C[C@@]1(O)CC[C@@H]1[C@@H]2CC[C@]2(C)[C@@H](c3ccc(=O)oc3)CC[C@]12O. The lowest BCUT2D eigenvalue weighted by Gasteiger charge is -2.65. The molecule has 2 aliphatic heterocycles. The Labute approximate surface area is 307 Å². The lowest BCUT2D eigenvalue weighted by atomic mass is 9.41. The van der Waals surface area contributed by atoms with E-state index in [0.29, 0.717) is 38.5 Å². The van der Waals surface area contributed by atoms with Gasteiger partial charge in [0.2, 0.25) is 0 Å². The van der Waals surface area contributed by atoms with Crippen molar-refractivity contribution in [3.63, 3.8) is 0 Å². The van der Waals surface area contributed by atoms with Gasteiger partial charge in [-0.2, -0.15) is 0 Å². The van der Waals surface area contributed by atoms with Crippen molar-refractivity contribution in [3.05, 3.63) is 34.4 Å². The Morgan fingerprint density at radius 2 is 1.58 bits per heavy atom. The quantitative estimate of drug-likeness (QED) is 0.0960. The minimum Gasteiger partial charge on any atom is -0.431 e. The molecule has 1 aromatic heterocycles. The summed E-state index contributed by atoms with van der Waals surface area (Å²) in [4.78, 5) is 16.9. The van der Waals surface area contributed by atoms with Crippen molar-refractivity contribution < 1.29 is 69.1 Å². The van der Waals surface area contributed by atoms with Crippen LogP contribution in [0.15, 0.2) is 32.8 Å². The van der Waals surface area contributed by atoms with Gasteiger partial charge in [0, 0.05) is 23.3 Å². The van der Waals surface area contributed by atoms with E-state index in [1.165, 1.54) is 19.4 Å². The molecule has 8 N–H and O–H groups in total. The number of fused-ring (bicyclic) bond motifs is 5. The van der Waals surface area contributed by atoms with Gasteiger partial charge in [0.15, 0.2) is 12.6 Å². The number of nitrogens with zero attached hydrogens (tertiary/aromatic N) is 1. The number of oxime groups is 1. The fourth-order valence-electron chi connectivity index (χ4n) is 11.4. The van der Waals surface area contributed by atoms with E-state index < -0.39 is 102 Å². The Balaban J connectivity index is 1.05. The molecule has 2 saturated heterocycles. The van der Waals surface area contributed by atoms with Gasteiger partial charge in [0.1, 0.15) is 49.8 Å². The second-order valence-electron chi connectivity index (χ2n) is 16.6. The van der Waals surface area contributed by atoms with E-state index in [1.807, 2.05) is 0 Å². The Morgan fingerprint density at radius 1 is 0.868 bits per heavy atom. The van der Waals surface area contributed by atoms with Crippen LogP contribution >= 0.6 is 0 Å². The maximum atomic E-state index is 12.7. The zero-order chi connectivity index (χ0) is 38.1. The highest BCUT2D eigenvalue weighted by Crippen LogP contribution is 2.71. The molecule has 7 rings (SSSR count). The van der Waals surface area contributed by atoms with E-state index in [-0.39, 0.29) is 24.2 Å². The molecule has 0 aromatic carbocycles. The lowest BCUT2D eigenvalue weighted by Crippen LogP contribution is -2.69. The Bertz CT molecular complexity index is 1520. The molecule has 16 nitrogen and oxygen atoms in total. The summed E-state index contributed by atoms with van der Waals surface area (Å²) in [6.07, 6.45) is -6.98. The van der Waals surface area contributed by atoms with E-state index in [2.05, 4.69) is 12.1 Å². The molecule has 18 atom stereocenters. The highest BCUT2D eigenvalue weighted by molar-refractivity contribution is 5.69. The van der Waals surface area contributed by atoms with Crippen molar-refractivity contribution in [1.29, 1.82) is 0 Å². The van der Waals surface area contributed by atoms with Crippen molar-refractivity contribution in [3.8, 4) is 0 Å². The maximum absolute atomic E-state index is 12.7. The van der Waals surface area contributed by atoms with Crippen LogP contribution in [0.1, 0.15) is 83.1 Å². The smallest absolute Gasteiger partial charge is 0.335 e. The number of hydrogen-bond donors (Lipinski definition) is 8. The van der Waals surface area contributed by atoms with Gasteiger partial charge in [-0.25, -0.2) is 4.79 Å². The first kappa shape index (κ1) is 39.2. The fraction of sp³-hybridized carbons (Fsp3) is 0.838. The maximum Gasteiger partial charge on any atom is 0.335 e. The molecule has 6 fully saturated rings. The summed E-state index contributed by atoms with van der Waals surface area (Å²) in [7, 11) is 1.45. The normalized spacial score (nSPS) is 51.4. The monoisotopic (exact) mass is 753 g/mol. The predicted octanol–water partition coefficient (Wildman–Crippen LogP) is -0.355. The molecular formula is C37H55NO15. The molecule has 6 aliphatic rings. The van der Waals surface area contributed by atoms with E-state index in [9.17, 15) is 45.6 Å². The van der Waals surface area contributed by atoms with Crippen LogP contribution in [0.4, 0.5) is 0 Å². The summed E-state index contributed by atoms with van der Waals surface area (Å²) in [5.41, 5.74) is -3.16. The fourth-order valence-corrected chi connectivity index (χ4v) is 11.4. The Kier molecular flexibility index (Phi) is 10.7. The first-order valence-electron chi connectivity index (χ1n) is 18.9. The number of rotatable bonds is 8. The van der Waals surface area contributed by atoms with Crippen LogP contribution in [0.2, 0.25) is 0 Å². The molecule has 16 heteroatoms. The minimum absolute atomic E-state index is 0.00760. The minimum atomic E-state index is -1.71. The highest BCUT2D eigenvalue weighted by Gasteiger charge is 2.71. The third-order valence-electron chi connectivity index (χ3n) is 14.2. The van der Waals surface area contributed by atoms with Gasteiger partial charge in [0.05, 0.1) is 42.5 Å². The molecule has 298 valence electrons. The summed E-state index contributed by atoms with van der Waals surface area (Å²) in [5.74, 6) is -0.248. The van der Waals surface area contributed by atoms with Crippen LogP contribution in [-0.2, 0) is 23.8 Å². The van der Waals surface area contributed by atoms with Gasteiger partial charge < -0.3 is 69.1 Å². The van der Waals surface area contributed by atoms with Gasteiger partial charge >= 0.3 is 5.63 Å². The first-order valence-corrected chi connectivity index (χ1v) is 18.9. The van der Waals surface area contributed by atoms with Crippen LogP contribution in [0.3, 0.4) is 0 Å². The standard InChI is InChI=1S/C37H55NO15/c1-18-31(53-33-29(44)27(42)26(41)24(15-39)52-33)28(43)30(45)32(50-18)51-20-6-11-35(17-38-48-3)22-7-10-34(2)21(19-4-5-25(40)49-16-19)9-13-37(34,47)23(22)8-12-36(35,46)14-20/h4-5,16-18,20-24,26-33,39,41-47H,6-15H2,1-3H3/b38-17+/t18-,20-,21+,22-,23+,24+,26+,27-,28-,29+,30+,31-,32-,33-,34+,35-,36-,37-/m0/s1. The Hall–Kier alpha value is -2.06. The molecule has 0 bridgehead atoms. The number of aliphatic hydroxyl groups is 8. The summed E-state index contributed by atoms with van der Waals surface area (Å²) < 4.78 is 28.7. The van der Waals surface area contributed by atoms with E-state index >= 15 is 0 Å². The van der Waals surface area contributed by atoms with E-state index in [1.54, 1.807) is 19.2 Å². The molecular weight excluding hydrogens is 698 g/mol. The van der Waals surface area contributed by atoms with Crippen LogP contribution < -0.4 is 5.63 Å². The van der Waals surface area contributed by atoms with Crippen LogP contribution in [0.25, 0.3) is 0 Å². The van der Waals surface area contributed by atoms with Crippen LogP contribution in [0, 0.1) is 22.7 Å². The second-order valence-corrected chi connectivity index (χ2v) is 16.6. The van der Waals surface area contributed by atoms with Gasteiger partial charge in [0.25, 0.3) is 0 Å². The zero-order valence-corrected chi connectivity index (χ0v) is 30.3. The average Bonchev–Trinajstić information content (AvgIpc) is 3.42. The van der Waals surface area contributed by atoms with Crippen LogP contribution in [0.5, 0.6) is 0 Å². The molecule has 0 spiro atoms. The van der Waals surface area contributed by atoms with E-state index in [0.717, 1.165) is 18.4 Å². The highest BCUT2D eigenvalue weighted by atomic mass is 16.7. The zero-order valence-electron chi connectivity index (χ0n) is 30.3. The number of aliphatic hydroxyl groups excluding tert-OH is 6. The number of hydrogen-bond acceptors (Lipinski definition) is 16. The molecule has 4 saturated carbocycles. The molecule has 4 aliphatic carbocycles. The van der Waals surface area contributed by atoms with Gasteiger partial charge in [-0.1, -0.05) is 12.1 Å². The van der Waals surface area contributed by atoms with Gasteiger partial charge in [-0.05, 0) is 87.7 Å². The molecule has 3 heterocycles. The van der Waals surface area contributed by atoms with Crippen LogP contribution in [-0.4, -0.2) is 140 Å². The summed E-state index contributed by atoms with van der Waals surface area (Å²) in [6.45, 7) is 3.05. The molecule has 0 unspecified atom stereocenters. The third-order valence-corrected chi connectivity index (χ3v) is 14.2. The largest absolute Gasteiger partial charge is 0.431 e. The van der Waals surface area contributed by atoms with Gasteiger partial charge in [-0.3, -0.25) is 0 Å². The van der Waals surface area contributed by atoms with Crippen molar-refractivity contribution in [2.24, 2.45) is 27.8 Å². The van der Waals surface area contributed by atoms with Crippen molar-refractivity contribution >= 4 is 6.21 Å². The molecule has 53 heavy (non-hydrogen) atoms. The summed E-state index contributed by atoms with van der Waals surface area (Å²) in [5, 5.41) is 92.1. The van der Waals surface area contributed by atoms with E-state index in [4.69, 9.17) is 28.2 Å². The summed E-state index contributed by atoms with van der Waals surface area (Å²) >= 11 is 0. The Morgan fingerprint density at radius 3 is 2.28 bits per heavy atom. The lowest BCUT2D eigenvalue weighted by molar-refractivity contribution is -0.361. The molecule has 0 amide bonds. The van der Waals surface area contributed by atoms with Crippen molar-refractivity contribution in [1.82, 2.24) is 0 Å². The third kappa shape index (κ3) is 6.21. The average molecular weight is 754 g/mol. The predicted molar refractivity (Wildman–Crippen MR) is 182 cm³/mol. The van der Waals surface area contributed by atoms with Gasteiger partial charge in [-0.15, -0.1) is 0 Å². The molecule has 0 radical (unpaired) electrons.